The van der Waals surface area contributed by atoms with E-state index in [4.69, 9.17) is 21.1 Å². The maximum atomic E-state index is 13.0. The summed E-state index contributed by atoms with van der Waals surface area (Å²) < 4.78 is 10.5. The van der Waals surface area contributed by atoms with Gasteiger partial charge in [-0.1, -0.05) is 41.9 Å². The highest BCUT2D eigenvalue weighted by Gasteiger charge is 2.30. The Morgan fingerprint density at radius 3 is 2.65 bits per heavy atom. The van der Waals surface area contributed by atoms with E-state index < -0.39 is 5.97 Å². The summed E-state index contributed by atoms with van der Waals surface area (Å²) >= 11 is 5.92. The van der Waals surface area contributed by atoms with Crippen LogP contribution in [0.5, 0.6) is 5.75 Å². The number of amides is 1. The van der Waals surface area contributed by atoms with Crippen LogP contribution in [-0.2, 0) is 27.3 Å². The summed E-state index contributed by atoms with van der Waals surface area (Å²) in [5.41, 5.74) is 1.89. The lowest BCUT2D eigenvalue weighted by Gasteiger charge is -2.30. The van der Waals surface area contributed by atoms with E-state index >= 15 is 0 Å². The Morgan fingerprint density at radius 2 is 1.92 bits per heavy atom. The van der Waals surface area contributed by atoms with E-state index in [1.807, 2.05) is 36.4 Å². The largest absolute Gasteiger partial charge is 0.492 e. The minimum atomic E-state index is -0.454. The van der Waals surface area contributed by atoms with Gasteiger partial charge in [0.1, 0.15) is 18.9 Å². The number of halogens is 1. The summed E-state index contributed by atoms with van der Waals surface area (Å²) in [5, 5.41) is 0.622. The van der Waals surface area contributed by atoms with Crippen LogP contribution in [-0.4, -0.2) is 37.0 Å². The number of rotatable bonds is 5. The van der Waals surface area contributed by atoms with Crippen molar-refractivity contribution in [3.63, 3.8) is 0 Å². The van der Waals surface area contributed by atoms with E-state index in [0.29, 0.717) is 24.6 Å². The average Bonchev–Trinajstić information content (AvgIpc) is 2.68. The minimum absolute atomic E-state index is 0.101. The Kier molecular flexibility index (Phi) is 5.78. The number of hydrogen-bond acceptors (Lipinski definition) is 4. The maximum absolute atomic E-state index is 13.0. The van der Waals surface area contributed by atoms with Crippen molar-refractivity contribution in [3.05, 3.63) is 64.7 Å². The lowest BCUT2D eigenvalue weighted by Crippen LogP contribution is -2.43. The zero-order valence-electron chi connectivity index (χ0n) is 14.5. The minimum Gasteiger partial charge on any atom is -0.492 e. The fourth-order valence-corrected chi connectivity index (χ4v) is 3.11. The van der Waals surface area contributed by atoms with Crippen LogP contribution in [0.1, 0.15) is 11.1 Å². The molecule has 0 aromatic heterocycles. The summed E-state index contributed by atoms with van der Waals surface area (Å²) in [5.74, 6) is -0.0973. The van der Waals surface area contributed by atoms with E-state index in [2.05, 4.69) is 0 Å². The molecule has 1 amide bonds. The zero-order valence-corrected chi connectivity index (χ0v) is 15.2. The summed E-state index contributed by atoms with van der Waals surface area (Å²) in [6.07, 6.45) is 0.591. The molecule has 0 saturated heterocycles. The van der Waals surface area contributed by atoms with Crippen molar-refractivity contribution >= 4 is 23.5 Å². The van der Waals surface area contributed by atoms with Crippen LogP contribution >= 0.6 is 11.6 Å². The van der Waals surface area contributed by atoms with Gasteiger partial charge in [0, 0.05) is 11.6 Å². The SMILES string of the molecule is COC(=O)CN(Cc1ccc(Cl)cc1)C(=O)C1COc2ccccc2C1. The molecule has 0 spiro atoms. The molecule has 6 heteroatoms. The molecule has 136 valence electrons. The monoisotopic (exact) mass is 373 g/mol. The van der Waals surface area contributed by atoms with Gasteiger partial charge in [-0.05, 0) is 35.7 Å². The first-order valence-electron chi connectivity index (χ1n) is 8.37. The summed E-state index contributed by atoms with van der Waals surface area (Å²) in [4.78, 5) is 26.3. The van der Waals surface area contributed by atoms with Gasteiger partial charge in [0.15, 0.2) is 0 Å². The molecule has 3 rings (SSSR count). The van der Waals surface area contributed by atoms with Gasteiger partial charge in [0.2, 0.25) is 5.91 Å². The molecule has 0 saturated carbocycles. The van der Waals surface area contributed by atoms with Crippen LogP contribution < -0.4 is 4.74 Å². The number of esters is 1. The number of ether oxygens (including phenoxy) is 2. The first-order chi connectivity index (χ1) is 12.6. The second-order valence-corrected chi connectivity index (χ2v) is 6.65. The Morgan fingerprint density at radius 1 is 1.19 bits per heavy atom. The van der Waals surface area contributed by atoms with Gasteiger partial charge in [-0.25, -0.2) is 0 Å². The van der Waals surface area contributed by atoms with E-state index in [9.17, 15) is 9.59 Å². The molecule has 0 aliphatic carbocycles. The Hall–Kier alpha value is -2.53. The van der Waals surface area contributed by atoms with E-state index in [0.717, 1.165) is 16.9 Å². The number of para-hydroxylation sites is 1. The molecule has 1 unspecified atom stereocenters. The number of benzene rings is 2. The summed E-state index contributed by atoms with van der Waals surface area (Å²) in [6, 6.07) is 14.9. The Labute approximate surface area is 157 Å². The van der Waals surface area contributed by atoms with Crippen molar-refractivity contribution in [2.45, 2.75) is 13.0 Å². The maximum Gasteiger partial charge on any atom is 0.325 e. The van der Waals surface area contributed by atoms with Crippen LogP contribution in [0.25, 0.3) is 0 Å². The summed E-state index contributed by atoms with van der Waals surface area (Å²) in [6.45, 7) is 0.507. The molecular weight excluding hydrogens is 354 g/mol. The zero-order chi connectivity index (χ0) is 18.5. The van der Waals surface area contributed by atoms with Crippen LogP contribution in [0.3, 0.4) is 0 Å². The molecule has 26 heavy (non-hydrogen) atoms. The summed E-state index contributed by atoms with van der Waals surface area (Å²) in [7, 11) is 1.31. The number of hydrogen-bond donors (Lipinski definition) is 0. The van der Waals surface area contributed by atoms with Crippen LogP contribution in [0, 0.1) is 5.92 Å². The lowest BCUT2D eigenvalue weighted by atomic mass is 9.95. The Balaban J connectivity index is 1.76. The van der Waals surface area contributed by atoms with Gasteiger partial charge >= 0.3 is 5.97 Å². The van der Waals surface area contributed by atoms with E-state index in [1.165, 1.54) is 12.0 Å². The standard InChI is InChI=1S/C20H20ClNO4/c1-25-19(23)12-22(11-14-6-8-17(21)9-7-14)20(24)16-10-15-4-2-3-5-18(15)26-13-16/h2-9,16H,10-13H2,1H3. The van der Waals surface area contributed by atoms with Crippen molar-refractivity contribution in [1.29, 1.82) is 0 Å². The molecule has 1 atom stereocenters. The van der Waals surface area contributed by atoms with Gasteiger partial charge in [-0.2, -0.15) is 0 Å². The molecule has 0 radical (unpaired) electrons. The normalized spacial score (nSPS) is 15.5. The van der Waals surface area contributed by atoms with Crippen LogP contribution in [0.2, 0.25) is 5.02 Å². The van der Waals surface area contributed by atoms with Gasteiger partial charge in [-0.15, -0.1) is 0 Å². The molecule has 0 fully saturated rings. The van der Waals surface area contributed by atoms with Crippen LogP contribution in [0.4, 0.5) is 0 Å². The predicted molar refractivity (Wildman–Crippen MR) is 98.0 cm³/mol. The molecule has 2 aromatic rings. The smallest absolute Gasteiger partial charge is 0.325 e. The fourth-order valence-electron chi connectivity index (χ4n) is 2.99. The van der Waals surface area contributed by atoms with Crippen molar-refractivity contribution in [3.8, 4) is 5.75 Å². The van der Waals surface area contributed by atoms with Crippen molar-refractivity contribution in [2.24, 2.45) is 5.92 Å². The van der Waals surface area contributed by atoms with Gasteiger partial charge in [0.05, 0.1) is 13.0 Å². The number of carbonyl (C=O) groups is 2. The third-order valence-electron chi connectivity index (χ3n) is 4.37. The van der Waals surface area contributed by atoms with Gasteiger partial charge in [0.25, 0.3) is 0 Å². The Bertz CT molecular complexity index is 791. The number of fused-ring (bicyclic) bond motifs is 1. The van der Waals surface area contributed by atoms with Crippen LogP contribution in [0.15, 0.2) is 48.5 Å². The van der Waals surface area contributed by atoms with E-state index in [1.54, 1.807) is 12.1 Å². The molecule has 1 aliphatic heterocycles. The predicted octanol–water partition coefficient (Wildman–Crippen LogP) is 3.09. The fraction of sp³-hybridized carbons (Fsp3) is 0.300. The molecular formula is C20H20ClNO4. The molecule has 0 N–H and O–H groups in total. The van der Waals surface area contributed by atoms with Crippen molar-refractivity contribution < 1.29 is 19.1 Å². The molecule has 1 heterocycles. The third-order valence-corrected chi connectivity index (χ3v) is 4.63. The highest BCUT2D eigenvalue weighted by molar-refractivity contribution is 6.30. The molecule has 0 bridgehead atoms. The number of nitrogens with zero attached hydrogens (tertiary/aromatic N) is 1. The third kappa shape index (κ3) is 4.35. The first-order valence-corrected chi connectivity index (χ1v) is 8.75. The van der Waals surface area contributed by atoms with Gasteiger partial charge in [-0.3, -0.25) is 9.59 Å². The second kappa shape index (κ2) is 8.23. The molecule has 2 aromatic carbocycles. The highest BCUT2D eigenvalue weighted by Crippen LogP contribution is 2.28. The quantitative estimate of drug-likeness (QED) is 0.756. The first kappa shape index (κ1) is 18.3. The van der Waals surface area contributed by atoms with Gasteiger partial charge < -0.3 is 14.4 Å². The topological polar surface area (TPSA) is 55.8 Å². The number of carbonyl (C=O) groups excluding carboxylic acids is 2. The highest BCUT2D eigenvalue weighted by atomic mass is 35.5. The van der Waals surface area contributed by atoms with E-state index in [-0.39, 0.29) is 18.4 Å². The van der Waals surface area contributed by atoms with Crippen molar-refractivity contribution in [1.82, 2.24) is 4.90 Å². The lowest BCUT2D eigenvalue weighted by molar-refractivity contribution is -0.149. The molecule has 5 nitrogen and oxygen atoms in total. The number of methoxy groups -OCH3 is 1. The second-order valence-electron chi connectivity index (χ2n) is 6.22. The average molecular weight is 374 g/mol. The molecule has 1 aliphatic rings. The van der Waals surface area contributed by atoms with Crippen molar-refractivity contribution in [2.75, 3.05) is 20.3 Å².